The molecule has 108 valence electrons. The zero-order valence-electron chi connectivity index (χ0n) is 13.3. The minimum atomic E-state index is 0.443. The molecule has 0 amide bonds. The van der Waals surface area contributed by atoms with Crippen LogP contribution < -0.4 is 5.32 Å². The van der Waals surface area contributed by atoms with Crippen LogP contribution in [0, 0.1) is 5.41 Å². The monoisotopic (exact) mass is 254 g/mol. The molecule has 2 nitrogen and oxygen atoms in total. The molecule has 0 aromatic carbocycles. The molecule has 2 unspecified atom stereocenters. The fourth-order valence-corrected chi connectivity index (χ4v) is 3.65. The summed E-state index contributed by atoms with van der Waals surface area (Å²) >= 11 is 0. The first kappa shape index (κ1) is 16.0. The zero-order chi connectivity index (χ0) is 13.6. The van der Waals surface area contributed by atoms with E-state index in [4.69, 9.17) is 0 Å². The molecule has 0 aliphatic heterocycles. The lowest BCUT2D eigenvalue weighted by atomic mass is 9.70. The molecule has 0 radical (unpaired) electrons. The lowest BCUT2D eigenvalue weighted by Gasteiger charge is -2.49. The molecule has 0 bridgehead atoms. The quantitative estimate of drug-likeness (QED) is 0.746. The molecule has 0 saturated heterocycles. The summed E-state index contributed by atoms with van der Waals surface area (Å²) in [5.41, 5.74) is 0.443. The van der Waals surface area contributed by atoms with Crippen molar-refractivity contribution >= 4 is 0 Å². The second kappa shape index (κ2) is 7.49. The fourth-order valence-electron chi connectivity index (χ4n) is 3.65. The van der Waals surface area contributed by atoms with Gasteiger partial charge in [-0.25, -0.2) is 0 Å². The number of rotatable bonds is 7. The lowest BCUT2D eigenvalue weighted by Crippen LogP contribution is -2.59. The largest absolute Gasteiger partial charge is 0.312 e. The second-order valence-electron chi connectivity index (χ2n) is 6.52. The first-order valence-electron chi connectivity index (χ1n) is 8.04. The molecule has 0 heterocycles. The van der Waals surface area contributed by atoms with E-state index in [1.165, 1.54) is 45.2 Å². The molecule has 1 rings (SSSR count). The molecular formula is C16H34N2. The van der Waals surface area contributed by atoms with Crippen molar-refractivity contribution in [2.75, 3.05) is 19.6 Å². The molecule has 1 saturated carbocycles. The Bertz CT molecular complexity index is 219. The van der Waals surface area contributed by atoms with Gasteiger partial charge in [-0.3, -0.25) is 4.90 Å². The van der Waals surface area contributed by atoms with E-state index in [1.54, 1.807) is 0 Å². The number of nitrogens with one attached hydrogen (secondary N) is 1. The highest BCUT2D eigenvalue weighted by atomic mass is 15.2. The highest BCUT2D eigenvalue weighted by molar-refractivity contribution is 4.97. The van der Waals surface area contributed by atoms with Gasteiger partial charge >= 0.3 is 0 Å². The van der Waals surface area contributed by atoms with E-state index < -0.39 is 0 Å². The minimum absolute atomic E-state index is 0.443. The van der Waals surface area contributed by atoms with Crippen LogP contribution in [0.15, 0.2) is 0 Å². The summed E-state index contributed by atoms with van der Waals surface area (Å²) in [6.45, 7) is 15.4. The summed E-state index contributed by atoms with van der Waals surface area (Å²) in [5.74, 6) is 0. The molecule has 2 heteroatoms. The van der Waals surface area contributed by atoms with Crippen molar-refractivity contribution in [1.29, 1.82) is 0 Å². The topological polar surface area (TPSA) is 15.3 Å². The molecular weight excluding hydrogens is 220 g/mol. The van der Waals surface area contributed by atoms with E-state index in [9.17, 15) is 0 Å². The number of nitrogens with zero attached hydrogens (tertiary/aromatic N) is 1. The predicted molar refractivity (Wildman–Crippen MR) is 81.0 cm³/mol. The van der Waals surface area contributed by atoms with Crippen LogP contribution >= 0.6 is 0 Å². The van der Waals surface area contributed by atoms with Gasteiger partial charge in [0.25, 0.3) is 0 Å². The Morgan fingerprint density at radius 2 is 1.72 bits per heavy atom. The Labute approximate surface area is 115 Å². The Kier molecular flexibility index (Phi) is 6.65. The highest BCUT2D eigenvalue weighted by Gasteiger charge is 2.40. The normalized spacial score (nSPS) is 27.7. The van der Waals surface area contributed by atoms with Gasteiger partial charge in [-0.15, -0.1) is 0 Å². The lowest BCUT2D eigenvalue weighted by molar-refractivity contribution is 0.0488. The van der Waals surface area contributed by atoms with E-state index >= 15 is 0 Å². The molecule has 18 heavy (non-hydrogen) atoms. The molecule has 1 N–H and O–H groups in total. The fraction of sp³-hybridized carbons (Fsp3) is 1.00. The van der Waals surface area contributed by atoms with E-state index in [1.807, 2.05) is 0 Å². The summed E-state index contributed by atoms with van der Waals surface area (Å²) in [6, 6.07) is 1.41. The van der Waals surface area contributed by atoms with Crippen LogP contribution in [0.3, 0.4) is 0 Å². The van der Waals surface area contributed by atoms with E-state index in [2.05, 4.69) is 44.8 Å². The van der Waals surface area contributed by atoms with Crippen molar-refractivity contribution in [2.45, 2.75) is 78.8 Å². The summed E-state index contributed by atoms with van der Waals surface area (Å²) in [5, 5.41) is 3.78. The number of likely N-dealkylation sites (N-methyl/N-ethyl adjacent to an activating group) is 1. The van der Waals surface area contributed by atoms with Gasteiger partial charge in [0.05, 0.1) is 0 Å². The van der Waals surface area contributed by atoms with Crippen molar-refractivity contribution < 1.29 is 0 Å². The third kappa shape index (κ3) is 3.96. The first-order chi connectivity index (χ1) is 8.56. The standard InChI is InChI=1S/C16H34N2/c1-6-12-18(13-7-2)14-10-9-11-16(4,5)15(14)17-8-3/h14-15,17H,6-13H2,1-5H3. The molecule has 1 aliphatic rings. The molecule has 0 spiro atoms. The number of hydrogen-bond donors (Lipinski definition) is 1. The summed E-state index contributed by atoms with van der Waals surface area (Å²) in [6.07, 6.45) is 6.68. The summed E-state index contributed by atoms with van der Waals surface area (Å²) in [7, 11) is 0. The van der Waals surface area contributed by atoms with Crippen LogP contribution in [0.25, 0.3) is 0 Å². The van der Waals surface area contributed by atoms with Gasteiger partial charge in [0.1, 0.15) is 0 Å². The van der Waals surface area contributed by atoms with Gasteiger partial charge in [-0.05, 0) is 50.7 Å². The van der Waals surface area contributed by atoms with Crippen LogP contribution in [-0.4, -0.2) is 36.6 Å². The van der Waals surface area contributed by atoms with Crippen LogP contribution in [0.4, 0.5) is 0 Å². The van der Waals surface area contributed by atoms with E-state index in [0.717, 1.165) is 12.6 Å². The van der Waals surface area contributed by atoms with Crippen molar-refractivity contribution in [3.63, 3.8) is 0 Å². The van der Waals surface area contributed by atoms with Gasteiger partial charge in [-0.2, -0.15) is 0 Å². The highest BCUT2D eigenvalue weighted by Crippen LogP contribution is 2.37. The van der Waals surface area contributed by atoms with Crippen molar-refractivity contribution in [1.82, 2.24) is 10.2 Å². The van der Waals surface area contributed by atoms with Gasteiger partial charge in [0.2, 0.25) is 0 Å². The van der Waals surface area contributed by atoms with Crippen LogP contribution in [0.2, 0.25) is 0 Å². The van der Waals surface area contributed by atoms with Gasteiger partial charge < -0.3 is 5.32 Å². The maximum absolute atomic E-state index is 3.78. The average molecular weight is 254 g/mol. The summed E-state index contributed by atoms with van der Waals surface area (Å²) < 4.78 is 0. The molecule has 0 aromatic rings. The van der Waals surface area contributed by atoms with Gasteiger partial charge in [0.15, 0.2) is 0 Å². The third-order valence-electron chi connectivity index (χ3n) is 4.46. The first-order valence-corrected chi connectivity index (χ1v) is 8.04. The Balaban J connectivity index is 2.79. The minimum Gasteiger partial charge on any atom is -0.312 e. The third-order valence-corrected chi connectivity index (χ3v) is 4.46. The smallest absolute Gasteiger partial charge is 0.0274 e. The van der Waals surface area contributed by atoms with Crippen molar-refractivity contribution in [3.8, 4) is 0 Å². The zero-order valence-corrected chi connectivity index (χ0v) is 13.3. The maximum atomic E-state index is 3.78. The Morgan fingerprint density at radius 1 is 1.11 bits per heavy atom. The van der Waals surface area contributed by atoms with E-state index in [-0.39, 0.29) is 0 Å². The predicted octanol–water partition coefficient (Wildman–Crippen LogP) is 3.67. The van der Waals surface area contributed by atoms with Gasteiger partial charge in [0, 0.05) is 12.1 Å². The van der Waals surface area contributed by atoms with E-state index in [0.29, 0.717) is 11.5 Å². The summed E-state index contributed by atoms with van der Waals surface area (Å²) in [4.78, 5) is 2.74. The maximum Gasteiger partial charge on any atom is 0.0274 e. The SMILES string of the molecule is CCCN(CCC)C1CCCC(C)(C)C1NCC. The molecule has 1 aliphatic carbocycles. The van der Waals surface area contributed by atoms with Crippen LogP contribution in [0.1, 0.15) is 66.7 Å². The Morgan fingerprint density at radius 3 is 2.22 bits per heavy atom. The van der Waals surface area contributed by atoms with Crippen molar-refractivity contribution in [2.24, 2.45) is 5.41 Å². The van der Waals surface area contributed by atoms with Crippen LogP contribution in [-0.2, 0) is 0 Å². The number of hydrogen-bond acceptors (Lipinski definition) is 2. The van der Waals surface area contributed by atoms with Gasteiger partial charge in [-0.1, -0.05) is 41.0 Å². The second-order valence-corrected chi connectivity index (χ2v) is 6.52. The molecule has 2 atom stereocenters. The molecule has 1 fully saturated rings. The average Bonchev–Trinajstić information content (AvgIpc) is 2.31. The van der Waals surface area contributed by atoms with Crippen LogP contribution in [0.5, 0.6) is 0 Å². The van der Waals surface area contributed by atoms with Crippen molar-refractivity contribution in [3.05, 3.63) is 0 Å². The molecule has 0 aromatic heterocycles. The Hall–Kier alpha value is -0.0800.